The molecule has 292 valence electrons. The zero-order valence-corrected chi connectivity index (χ0v) is 34.3. The van der Waals surface area contributed by atoms with Gasteiger partial charge in [-0.15, -0.1) is 0 Å². The summed E-state index contributed by atoms with van der Waals surface area (Å²) in [6.07, 6.45) is 27.0. The molecule has 0 radical (unpaired) electrons. The maximum absolute atomic E-state index is 2.41. The van der Waals surface area contributed by atoms with Gasteiger partial charge in [-0.3, -0.25) is 0 Å². The largest absolute Gasteiger partial charge is 0.310 e. The van der Waals surface area contributed by atoms with E-state index in [9.17, 15) is 0 Å². The molecule has 0 atom stereocenters. The molecule has 0 saturated carbocycles. The van der Waals surface area contributed by atoms with Gasteiger partial charge in [-0.05, 0) is 140 Å². The molecule has 3 aliphatic rings. The smallest absolute Gasteiger partial charge is 0.0464 e. The van der Waals surface area contributed by atoms with Crippen molar-refractivity contribution in [2.45, 2.75) is 25.7 Å². The molecule has 0 N–H and O–H groups in total. The molecule has 1 nitrogen and oxygen atoms in total. The molecule has 0 amide bonds. The normalized spacial score (nSPS) is 15.1. The Morgan fingerprint density at radius 2 is 0.934 bits per heavy atom. The van der Waals surface area contributed by atoms with Gasteiger partial charge in [0, 0.05) is 17.1 Å². The SMILES string of the molecule is C1=CC(c2ccc(C3=CCC=C(c4ccc(N(C5=CC(c6ccccc6)=C(c6ccccc6)CC=C5)c5ccc(-c6cccc7ccccc67)cc5)cc4)C=C3)cc2)=CCC1. The average Bonchev–Trinajstić information content (AvgIpc) is 3.73. The van der Waals surface area contributed by atoms with Crippen molar-refractivity contribution in [3.05, 3.63) is 270 Å². The first kappa shape index (κ1) is 37.8. The van der Waals surface area contributed by atoms with Crippen molar-refractivity contribution in [2.24, 2.45) is 0 Å². The maximum atomic E-state index is 2.41. The van der Waals surface area contributed by atoms with E-state index in [4.69, 9.17) is 0 Å². The Kier molecular flexibility index (Phi) is 10.8. The van der Waals surface area contributed by atoms with Gasteiger partial charge in [-0.2, -0.15) is 0 Å². The number of hydrogen-bond acceptors (Lipinski definition) is 1. The van der Waals surface area contributed by atoms with E-state index in [2.05, 4.69) is 242 Å². The summed E-state index contributed by atoms with van der Waals surface area (Å²) in [5, 5.41) is 2.51. The van der Waals surface area contributed by atoms with Crippen LogP contribution in [-0.4, -0.2) is 0 Å². The predicted molar refractivity (Wildman–Crippen MR) is 262 cm³/mol. The van der Waals surface area contributed by atoms with Gasteiger partial charge in [0.1, 0.15) is 0 Å². The fraction of sp³-hybridized carbons (Fsp3) is 0.0667. The van der Waals surface area contributed by atoms with Crippen LogP contribution in [0.1, 0.15) is 53.5 Å². The van der Waals surface area contributed by atoms with Crippen LogP contribution < -0.4 is 4.90 Å². The van der Waals surface area contributed by atoms with E-state index in [1.807, 2.05) is 0 Å². The highest BCUT2D eigenvalue weighted by Gasteiger charge is 2.19. The predicted octanol–water partition coefficient (Wildman–Crippen LogP) is 16.3. The number of allylic oxidation sites excluding steroid dienone is 15. The number of benzene rings is 7. The first-order valence-corrected chi connectivity index (χ1v) is 21.5. The monoisotopic (exact) mass is 781 g/mol. The summed E-state index contributed by atoms with van der Waals surface area (Å²) in [5.74, 6) is 0. The van der Waals surface area contributed by atoms with Gasteiger partial charge < -0.3 is 4.90 Å². The minimum Gasteiger partial charge on any atom is -0.310 e. The zero-order chi connectivity index (χ0) is 40.8. The van der Waals surface area contributed by atoms with Gasteiger partial charge in [-0.1, -0.05) is 200 Å². The number of fused-ring (bicyclic) bond motifs is 1. The molecule has 7 aromatic rings. The Labute approximate surface area is 360 Å². The molecular weight excluding hydrogens is 735 g/mol. The van der Waals surface area contributed by atoms with E-state index < -0.39 is 0 Å². The Morgan fingerprint density at radius 1 is 0.377 bits per heavy atom. The highest BCUT2D eigenvalue weighted by Crippen LogP contribution is 2.40. The second-order valence-electron chi connectivity index (χ2n) is 15.9. The molecule has 0 unspecified atom stereocenters. The van der Waals surface area contributed by atoms with E-state index >= 15 is 0 Å². The van der Waals surface area contributed by atoms with Crippen molar-refractivity contribution in [1.82, 2.24) is 0 Å². The van der Waals surface area contributed by atoms with E-state index in [0.717, 1.165) is 42.8 Å². The first-order chi connectivity index (χ1) is 30.2. The van der Waals surface area contributed by atoms with Crippen LogP contribution in [-0.2, 0) is 0 Å². The minimum absolute atomic E-state index is 0.830. The van der Waals surface area contributed by atoms with Crippen molar-refractivity contribution in [1.29, 1.82) is 0 Å². The van der Waals surface area contributed by atoms with Crippen LogP contribution in [0.3, 0.4) is 0 Å². The molecule has 3 aliphatic carbocycles. The minimum atomic E-state index is 0.830. The fourth-order valence-electron chi connectivity index (χ4n) is 8.87. The van der Waals surface area contributed by atoms with Gasteiger partial charge in [-0.25, -0.2) is 0 Å². The number of rotatable bonds is 9. The molecule has 7 aromatic carbocycles. The van der Waals surface area contributed by atoms with Gasteiger partial charge in [0.15, 0.2) is 0 Å². The van der Waals surface area contributed by atoms with E-state index in [1.54, 1.807) is 0 Å². The molecule has 0 fully saturated rings. The van der Waals surface area contributed by atoms with Crippen LogP contribution in [0.25, 0.3) is 49.8 Å². The molecular formula is C60H47N. The van der Waals surface area contributed by atoms with Crippen LogP contribution in [0.4, 0.5) is 11.4 Å². The van der Waals surface area contributed by atoms with E-state index in [-0.39, 0.29) is 0 Å². The molecule has 61 heavy (non-hydrogen) atoms. The Morgan fingerprint density at radius 3 is 1.57 bits per heavy atom. The Bertz CT molecular complexity index is 2940. The number of nitrogens with zero attached hydrogens (tertiary/aromatic N) is 1. The summed E-state index contributed by atoms with van der Waals surface area (Å²) in [5.41, 5.74) is 18.3. The third-order valence-corrected chi connectivity index (χ3v) is 12.0. The van der Waals surface area contributed by atoms with Crippen molar-refractivity contribution in [3.63, 3.8) is 0 Å². The van der Waals surface area contributed by atoms with Crippen LogP contribution in [0.2, 0.25) is 0 Å². The molecule has 0 spiro atoms. The van der Waals surface area contributed by atoms with Gasteiger partial charge in [0.25, 0.3) is 0 Å². The van der Waals surface area contributed by atoms with Crippen LogP contribution >= 0.6 is 0 Å². The summed E-state index contributed by atoms with van der Waals surface area (Å²) in [6, 6.07) is 64.1. The first-order valence-electron chi connectivity index (χ1n) is 21.5. The third kappa shape index (κ3) is 8.12. The average molecular weight is 782 g/mol. The quantitative estimate of drug-likeness (QED) is 0.141. The van der Waals surface area contributed by atoms with Crippen molar-refractivity contribution in [3.8, 4) is 11.1 Å². The van der Waals surface area contributed by atoms with Crippen molar-refractivity contribution < 1.29 is 0 Å². The topological polar surface area (TPSA) is 3.24 Å². The van der Waals surface area contributed by atoms with Gasteiger partial charge in [0.05, 0.1) is 0 Å². The summed E-state index contributed by atoms with van der Waals surface area (Å²) >= 11 is 0. The van der Waals surface area contributed by atoms with Crippen LogP contribution in [0.5, 0.6) is 0 Å². The summed E-state index contributed by atoms with van der Waals surface area (Å²) in [6.45, 7) is 0. The lowest BCUT2D eigenvalue weighted by Crippen LogP contribution is -2.15. The standard InChI is InChI=1S/C60H47N/c1-4-15-44(16-5-1)47-31-33-48(34-32-47)45-22-12-23-46(30-29-45)49-35-39-54(40-36-49)61(55-41-37-53(38-42-55)58-27-13-24-51-21-10-11-26-57(51)58)56-25-14-28-59(50-17-6-2-7-18-50)60(43-56)52-19-8-3-9-20-52/h2-4,6-11,13-27,29-43H,1,5,12,28H2. The molecule has 0 saturated heterocycles. The molecule has 0 heterocycles. The third-order valence-electron chi connectivity index (χ3n) is 12.0. The summed E-state index contributed by atoms with van der Waals surface area (Å²) < 4.78 is 0. The highest BCUT2D eigenvalue weighted by atomic mass is 15.1. The van der Waals surface area contributed by atoms with E-state index in [0.29, 0.717) is 0 Å². The number of anilines is 2. The lowest BCUT2D eigenvalue weighted by molar-refractivity contribution is 1.04. The Balaban J connectivity index is 1.01. The second-order valence-corrected chi connectivity index (χ2v) is 15.9. The zero-order valence-electron chi connectivity index (χ0n) is 34.3. The fourth-order valence-corrected chi connectivity index (χ4v) is 8.87. The molecule has 1 heteroatoms. The molecule has 0 aromatic heterocycles. The molecule has 10 rings (SSSR count). The highest BCUT2D eigenvalue weighted by molar-refractivity contribution is 5.99. The maximum Gasteiger partial charge on any atom is 0.0464 e. The van der Waals surface area contributed by atoms with Gasteiger partial charge in [0.2, 0.25) is 0 Å². The van der Waals surface area contributed by atoms with E-state index in [1.165, 1.54) is 77.6 Å². The van der Waals surface area contributed by atoms with Crippen molar-refractivity contribution >= 4 is 50.0 Å². The Hall–Kier alpha value is -7.48. The second kappa shape index (κ2) is 17.4. The molecule has 0 bridgehead atoms. The lowest BCUT2D eigenvalue weighted by atomic mass is 9.92. The molecule has 0 aliphatic heterocycles. The summed E-state index contributed by atoms with van der Waals surface area (Å²) in [7, 11) is 0. The van der Waals surface area contributed by atoms with Crippen molar-refractivity contribution in [2.75, 3.05) is 4.90 Å². The summed E-state index contributed by atoms with van der Waals surface area (Å²) in [4.78, 5) is 2.41. The number of hydrogen-bond donors (Lipinski definition) is 0. The van der Waals surface area contributed by atoms with Crippen LogP contribution in [0, 0.1) is 0 Å². The van der Waals surface area contributed by atoms with Gasteiger partial charge >= 0.3 is 0 Å². The lowest BCUT2D eigenvalue weighted by Gasteiger charge is -2.27. The van der Waals surface area contributed by atoms with Crippen LogP contribution in [0.15, 0.2) is 242 Å².